The first-order valence-corrected chi connectivity index (χ1v) is 14.0. The fourth-order valence-electron chi connectivity index (χ4n) is 9.39. The van der Waals surface area contributed by atoms with E-state index in [-0.39, 0.29) is 48.5 Å². The summed E-state index contributed by atoms with van der Waals surface area (Å²) in [7, 11) is 0. The molecular formula is C29H44O8. The highest BCUT2D eigenvalue weighted by molar-refractivity contribution is 5.95. The molecule has 5 aliphatic rings. The molecular weight excluding hydrogens is 477 g/mol. The molecule has 8 heteroatoms. The molecule has 0 unspecified atom stereocenters. The molecule has 0 bridgehead atoms. The third-order valence-electron chi connectivity index (χ3n) is 11.9. The Labute approximate surface area is 219 Å². The molecule has 37 heavy (non-hydrogen) atoms. The third kappa shape index (κ3) is 3.65. The number of hydrogen-bond acceptors (Lipinski definition) is 8. The van der Waals surface area contributed by atoms with Crippen LogP contribution in [0.5, 0.6) is 0 Å². The minimum absolute atomic E-state index is 0.104. The van der Waals surface area contributed by atoms with E-state index >= 15 is 0 Å². The summed E-state index contributed by atoms with van der Waals surface area (Å²) in [6, 6.07) is 0. The standard InChI is InChI=1S/C29H44O8/c1-14-16(15(2)37-25(14)34)10-24(33)28(5,35)23-7-9-29(36)18-11-20(30)19-12-21(31)22(32)13-26(19,3)17(18)6-8-27(23,29)4/h11,14-17,19,21-24,31-33,35-36H,6-10,12-13H2,1-5H3/t14-,15+,16-,17-,19-,21+,22-,23-,24+,26+,27+,28+,29+/m0/s1/i25+1. The molecule has 0 amide bonds. The van der Waals surface area contributed by atoms with Crippen molar-refractivity contribution in [1.82, 2.24) is 0 Å². The van der Waals surface area contributed by atoms with Crippen molar-refractivity contribution in [3.8, 4) is 0 Å². The lowest BCUT2D eigenvalue weighted by Gasteiger charge is -2.60. The van der Waals surface area contributed by atoms with E-state index < -0.39 is 52.2 Å². The molecule has 0 aromatic carbocycles. The lowest BCUT2D eigenvalue weighted by molar-refractivity contribution is -0.178. The van der Waals surface area contributed by atoms with Gasteiger partial charge in [-0.05, 0) is 87.7 Å². The van der Waals surface area contributed by atoms with Gasteiger partial charge < -0.3 is 30.3 Å². The number of carbonyl (C=O) groups excluding carboxylic acids is 2. The Morgan fingerprint density at radius 1 is 1.11 bits per heavy atom. The number of aliphatic hydroxyl groups excluding tert-OH is 3. The molecule has 4 aliphatic carbocycles. The molecule has 0 aromatic heterocycles. The summed E-state index contributed by atoms with van der Waals surface area (Å²) in [5.74, 6) is -1.88. The van der Waals surface area contributed by atoms with Crippen LogP contribution in [-0.4, -0.2) is 72.9 Å². The Morgan fingerprint density at radius 3 is 2.41 bits per heavy atom. The van der Waals surface area contributed by atoms with Crippen molar-refractivity contribution in [2.75, 3.05) is 0 Å². The topological polar surface area (TPSA) is 145 Å². The molecule has 0 radical (unpaired) electrons. The number of allylic oxidation sites excluding steroid dienone is 1. The van der Waals surface area contributed by atoms with Crippen LogP contribution >= 0.6 is 0 Å². The van der Waals surface area contributed by atoms with Crippen molar-refractivity contribution in [2.45, 2.75) is 115 Å². The smallest absolute Gasteiger partial charge is 0.309 e. The molecule has 1 aliphatic heterocycles. The van der Waals surface area contributed by atoms with E-state index in [1.807, 2.05) is 20.8 Å². The zero-order valence-electron chi connectivity index (χ0n) is 22.7. The number of hydrogen-bond donors (Lipinski definition) is 5. The Hall–Kier alpha value is -1.32. The molecule has 0 aromatic rings. The van der Waals surface area contributed by atoms with E-state index in [1.54, 1.807) is 19.9 Å². The highest BCUT2D eigenvalue weighted by Crippen LogP contribution is 2.68. The molecule has 5 N–H and O–H groups in total. The van der Waals surface area contributed by atoms with E-state index in [4.69, 9.17) is 4.74 Å². The zero-order chi connectivity index (χ0) is 27.3. The van der Waals surface area contributed by atoms with E-state index in [9.17, 15) is 35.1 Å². The lowest BCUT2D eigenvalue weighted by Crippen LogP contribution is -2.63. The van der Waals surface area contributed by atoms with Crippen LogP contribution in [0.1, 0.15) is 79.6 Å². The molecule has 208 valence electrons. The van der Waals surface area contributed by atoms with Gasteiger partial charge in [-0.25, -0.2) is 0 Å². The minimum Gasteiger partial charge on any atom is -0.462 e. The highest BCUT2D eigenvalue weighted by Gasteiger charge is 2.69. The summed E-state index contributed by atoms with van der Waals surface area (Å²) < 4.78 is 5.34. The Kier molecular flexibility index (Phi) is 6.33. The van der Waals surface area contributed by atoms with Gasteiger partial charge in [0.15, 0.2) is 5.78 Å². The van der Waals surface area contributed by atoms with Crippen LogP contribution in [0.3, 0.4) is 0 Å². The van der Waals surface area contributed by atoms with E-state index in [1.165, 1.54) is 0 Å². The van der Waals surface area contributed by atoms with Gasteiger partial charge in [0.1, 0.15) is 6.10 Å². The van der Waals surface area contributed by atoms with Gasteiger partial charge in [0, 0.05) is 17.3 Å². The van der Waals surface area contributed by atoms with Crippen LogP contribution in [0.2, 0.25) is 0 Å². The number of fused-ring (bicyclic) bond motifs is 5. The van der Waals surface area contributed by atoms with Gasteiger partial charge in [-0.15, -0.1) is 0 Å². The van der Waals surface area contributed by atoms with Crippen LogP contribution in [0.25, 0.3) is 0 Å². The van der Waals surface area contributed by atoms with Crippen molar-refractivity contribution in [1.29, 1.82) is 0 Å². The van der Waals surface area contributed by atoms with E-state index in [0.717, 1.165) is 0 Å². The lowest BCUT2D eigenvalue weighted by atomic mass is 9.45. The van der Waals surface area contributed by atoms with Gasteiger partial charge in [-0.3, -0.25) is 9.59 Å². The Bertz CT molecular complexity index is 1010. The number of ketones is 1. The third-order valence-corrected chi connectivity index (χ3v) is 11.9. The van der Waals surface area contributed by atoms with Gasteiger partial charge in [0.2, 0.25) is 0 Å². The van der Waals surface area contributed by atoms with Crippen molar-refractivity contribution in [2.24, 2.45) is 40.4 Å². The van der Waals surface area contributed by atoms with Crippen molar-refractivity contribution in [3.63, 3.8) is 0 Å². The first kappa shape index (κ1) is 27.3. The summed E-state index contributed by atoms with van der Waals surface area (Å²) in [6.45, 7) is 9.21. The predicted octanol–water partition coefficient (Wildman–Crippen LogP) is 1.89. The molecule has 3 saturated carbocycles. The minimum atomic E-state index is -1.52. The second kappa shape index (κ2) is 8.59. The highest BCUT2D eigenvalue weighted by atomic mass is 16.6. The second-order valence-corrected chi connectivity index (χ2v) is 13.7. The number of aliphatic hydroxyl groups is 5. The summed E-state index contributed by atoms with van der Waals surface area (Å²) in [5, 5.41) is 56.2. The number of esters is 1. The normalized spacial score (nSPS) is 51.9. The summed E-state index contributed by atoms with van der Waals surface area (Å²) >= 11 is 0. The first-order chi connectivity index (χ1) is 17.1. The van der Waals surface area contributed by atoms with Gasteiger partial charge in [-0.1, -0.05) is 20.8 Å². The average Bonchev–Trinajstić information content (AvgIpc) is 3.23. The molecule has 5 rings (SSSR count). The molecule has 1 saturated heterocycles. The van der Waals surface area contributed by atoms with Crippen molar-refractivity contribution in [3.05, 3.63) is 11.6 Å². The summed E-state index contributed by atoms with van der Waals surface area (Å²) in [5.41, 5.74) is -3.47. The molecule has 0 spiro atoms. The van der Waals surface area contributed by atoms with Crippen molar-refractivity contribution < 1.29 is 39.9 Å². The SMILES string of the molecule is C[C@H]1O[13C](=O)[C@@H](C)[C@@H]1C[C@@H](O)[C@](C)(O)[C@H]1CC[C@@]2(O)C3=CC(=O)[C@@H]4C[C@@H](O)[C@@H](O)C[C@]4(C)[C@H]3CC[C@]12C. The largest absolute Gasteiger partial charge is 0.462 e. The molecule has 4 fully saturated rings. The monoisotopic (exact) mass is 521 g/mol. The maximum Gasteiger partial charge on any atom is 0.309 e. The Balaban J connectivity index is 1.44. The van der Waals surface area contributed by atoms with E-state index in [0.29, 0.717) is 37.7 Å². The van der Waals surface area contributed by atoms with Gasteiger partial charge in [0.05, 0.1) is 35.4 Å². The summed E-state index contributed by atoms with van der Waals surface area (Å²) in [6.07, 6.45) is 1.21. The second-order valence-electron chi connectivity index (χ2n) is 13.7. The Morgan fingerprint density at radius 2 is 1.78 bits per heavy atom. The predicted molar refractivity (Wildman–Crippen MR) is 134 cm³/mol. The number of cyclic esters (lactones) is 1. The first-order valence-electron chi connectivity index (χ1n) is 14.0. The van der Waals surface area contributed by atoms with Crippen LogP contribution in [0.15, 0.2) is 11.6 Å². The number of ether oxygens (including phenoxy) is 1. The fraction of sp³-hybridized carbons (Fsp3) is 0.862. The van der Waals surface area contributed by atoms with E-state index in [2.05, 4.69) is 0 Å². The van der Waals surface area contributed by atoms with Crippen LogP contribution in [0, 0.1) is 40.4 Å². The molecule has 13 atom stereocenters. The zero-order valence-corrected chi connectivity index (χ0v) is 22.7. The van der Waals surface area contributed by atoms with Gasteiger partial charge in [0.25, 0.3) is 0 Å². The average molecular weight is 522 g/mol. The van der Waals surface area contributed by atoms with Crippen molar-refractivity contribution >= 4 is 11.8 Å². The fourth-order valence-corrected chi connectivity index (χ4v) is 9.39. The summed E-state index contributed by atoms with van der Waals surface area (Å²) in [4.78, 5) is 25.4. The maximum absolute atomic E-state index is 13.3. The van der Waals surface area contributed by atoms with Crippen LogP contribution in [0.4, 0.5) is 0 Å². The quantitative estimate of drug-likeness (QED) is 0.279. The number of carbonyl (C=O) groups is 2. The molecule has 8 nitrogen and oxygen atoms in total. The van der Waals surface area contributed by atoms with Crippen LogP contribution in [-0.2, 0) is 14.3 Å². The number of rotatable bonds is 4. The van der Waals surface area contributed by atoms with Gasteiger partial charge >= 0.3 is 5.97 Å². The van der Waals surface area contributed by atoms with Gasteiger partial charge in [-0.2, -0.15) is 0 Å². The maximum atomic E-state index is 13.3. The van der Waals surface area contributed by atoms with Crippen LogP contribution < -0.4 is 0 Å². The molecule has 1 heterocycles.